The zero-order valence-corrected chi connectivity index (χ0v) is 13.4. The average molecular weight is 325 g/mol. The quantitative estimate of drug-likeness (QED) is 0.881. The number of nitrogens with zero attached hydrogens (tertiary/aromatic N) is 3. The molecule has 7 heteroatoms. The molecule has 0 aliphatic carbocycles. The highest BCUT2D eigenvalue weighted by atomic mass is 35.5. The zero-order chi connectivity index (χ0) is 14.8. The Hall–Kier alpha value is -1.27. The third kappa shape index (κ3) is 3.32. The molecule has 1 N–H and O–H groups in total. The number of imidazole rings is 1. The summed E-state index contributed by atoms with van der Waals surface area (Å²) < 4.78 is 0. The number of halogens is 1. The van der Waals surface area contributed by atoms with E-state index in [1.54, 1.807) is 12.3 Å². The molecule has 0 bridgehead atoms. The Labute approximate surface area is 132 Å². The Kier molecular flexibility index (Phi) is 4.35. The number of nitrogens with one attached hydrogen (secondary N) is 1. The van der Waals surface area contributed by atoms with Crippen LogP contribution in [0.3, 0.4) is 0 Å². The standard InChI is InChI=1S/C14H17ClN4OS/c1-9-4-2-3-5-19(9)12(20)8-21-14-17-11-6-10(15)7-16-13(11)18-14/h6-7,9H,2-5,8H2,1H3,(H,16,17,18)/t9-/m1/s1. The van der Waals surface area contributed by atoms with E-state index < -0.39 is 0 Å². The molecule has 0 spiro atoms. The van der Waals surface area contributed by atoms with Crippen LogP contribution in [0.2, 0.25) is 5.02 Å². The van der Waals surface area contributed by atoms with Gasteiger partial charge in [-0.1, -0.05) is 23.4 Å². The van der Waals surface area contributed by atoms with E-state index in [0.717, 1.165) is 24.9 Å². The van der Waals surface area contributed by atoms with E-state index in [2.05, 4.69) is 21.9 Å². The summed E-state index contributed by atoms with van der Waals surface area (Å²) in [6.45, 7) is 2.99. The van der Waals surface area contributed by atoms with Crippen molar-refractivity contribution in [3.63, 3.8) is 0 Å². The highest BCUT2D eigenvalue weighted by Crippen LogP contribution is 2.22. The topological polar surface area (TPSA) is 61.9 Å². The third-order valence-corrected chi connectivity index (χ3v) is 4.80. The molecule has 5 nitrogen and oxygen atoms in total. The Morgan fingerprint density at radius 2 is 2.43 bits per heavy atom. The van der Waals surface area contributed by atoms with Crippen molar-refractivity contribution in [1.29, 1.82) is 0 Å². The Morgan fingerprint density at radius 1 is 1.57 bits per heavy atom. The minimum absolute atomic E-state index is 0.179. The molecule has 21 heavy (non-hydrogen) atoms. The molecule has 1 atom stereocenters. The number of rotatable bonds is 3. The first-order valence-electron chi connectivity index (χ1n) is 7.07. The van der Waals surface area contributed by atoms with Crippen molar-refractivity contribution in [2.75, 3.05) is 12.3 Å². The number of hydrogen-bond donors (Lipinski definition) is 1. The predicted molar refractivity (Wildman–Crippen MR) is 84.6 cm³/mol. The first kappa shape index (κ1) is 14.7. The number of amides is 1. The van der Waals surface area contributed by atoms with Crippen LogP contribution in [0.5, 0.6) is 0 Å². The second kappa shape index (κ2) is 6.23. The van der Waals surface area contributed by atoms with Gasteiger partial charge >= 0.3 is 0 Å². The van der Waals surface area contributed by atoms with Gasteiger partial charge in [0.2, 0.25) is 5.91 Å². The maximum atomic E-state index is 12.3. The van der Waals surface area contributed by atoms with Crippen molar-refractivity contribution < 1.29 is 4.79 Å². The van der Waals surface area contributed by atoms with Gasteiger partial charge in [0.05, 0.1) is 16.3 Å². The van der Waals surface area contributed by atoms with Crippen LogP contribution in [0.4, 0.5) is 0 Å². The van der Waals surface area contributed by atoms with Crippen molar-refractivity contribution in [1.82, 2.24) is 19.9 Å². The molecule has 1 aliphatic heterocycles. The van der Waals surface area contributed by atoms with Gasteiger partial charge in [-0.05, 0) is 32.3 Å². The number of aromatic nitrogens is 3. The monoisotopic (exact) mass is 324 g/mol. The molecule has 0 unspecified atom stereocenters. The molecular formula is C14H17ClN4OS. The van der Waals surface area contributed by atoms with E-state index in [1.165, 1.54) is 18.2 Å². The van der Waals surface area contributed by atoms with E-state index in [9.17, 15) is 4.79 Å². The van der Waals surface area contributed by atoms with Crippen molar-refractivity contribution in [3.05, 3.63) is 17.3 Å². The number of H-pyrrole nitrogens is 1. The fraction of sp³-hybridized carbons (Fsp3) is 0.500. The third-order valence-electron chi connectivity index (χ3n) is 3.74. The van der Waals surface area contributed by atoms with Crippen LogP contribution in [0.15, 0.2) is 17.4 Å². The average Bonchev–Trinajstić information content (AvgIpc) is 2.87. The molecule has 1 aliphatic rings. The van der Waals surface area contributed by atoms with Crippen LogP contribution in [0, 0.1) is 0 Å². The summed E-state index contributed by atoms with van der Waals surface area (Å²) in [5, 5.41) is 1.28. The molecule has 1 fully saturated rings. The molecule has 0 saturated carbocycles. The van der Waals surface area contributed by atoms with Gasteiger partial charge in [-0.15, -0.1) is 0 Å². The summed E-state index contributed by atoms with van der Waals surface area (Å²) in [5.74, 6) is 0.580. The molecule has 1 amide bonds. The van der Waals surface area contributed by atoms with Gasteiger partial charge < -0.3 is 9.88 Å². The smallest absolute Gasteiger partial charge is 0.233 e. The van der Waals surface area contributed by atoms with Crippen LogP contribution in [-0.4, -0.2) is 44.1 Å². The van der Waals surface area contributed by atoms with Crippen LogP contribution in [-0.2, 0) is 4.79 Å². The van der Waals surface area contributed by atoms with E-state index >= 15 is 0 Å². The SMILES string of the molecule is C[C@@H]1CCCCN1C(=O)CSc1nc2ncc(Cl)cc2[nH]1. The van der Waals surface area contributed by atoms with Crippen LogP contribution in [0.1, 0.15) is 26.2 Å². The first-order valence-corrected chi connectivity index (χ1v) is 8.43. The Bertz CT molecular complexity index is 659. The summed E-state index contributed by atoms with van der Waals surface area (Å²) in [6.07, 6.45) is 4.99. The summed E-state index contributed by atoms with van der Waals surface area (Å²) in [5.41, 5.74) is 1.42. The molecule has 2 aromatic rings. The number of hydrogen-bond acceptors (Lipinski definition) is 4. The number of pyridine rings is 1. The van der Waals surface area contributed by atoms with Crippen molar-refractivity contribution in [3.8, 4) is 0 Å². The second-order valence-corrected chi connectivity index (χ2v) is 6.69. The number of likely N-dealkylation sites (tertiary alicyclic amines) is 1. The predicted octanol–water partition coefficient (Wildman–Crippen LogP) is 3.10. The molecule has 1 saturated heterocycles. The lowest BCUT2D eigenvalue weighted by atomic mass is 10.0. The lowest BCUT2D eigenvalue weighted by molar-refractivity contribution is -0.131. The van der Waals surface area contributed by atoms with Crippen molar-refractivity contribution in [2.24, 2.45) is 0 Å². The fourth-order valence-corrected chi connectivity index (χ4v) is 3.52. The van der Waals surface area contributed by atoms with Crippen LogP contribution < -0.4 is 0 Å². The molecular weight excluding hydrogens is 308 g/mol. The number of carbonyl (C=O) groups is 1. The molecule has 0 radical (unpaired) electrons. The van der Waals surface area contributed by atoms with Gasteiger partial charge in [0, 0.05) is 18.8 Å². The van der Waals surface area contributed by atoms with Gasteiger partial charge in [-0.25, -0.2) is 9.97 Å². The summed E-state index contributed by atoms with van der Waals surface area (Å²) in [4.78, 5) is 25.9. The zero-order valence-electron chi connectivity index (χ0n) is 11.8. The van der Waals surface area contributed by atoms with Gasteiger partial charge in [0.1, 0.15) is 0 Å². The normalized spacial score (nSPS) is 19.1. The highest BCUT2D eigenvalue weighted by Gasteiger charge is 2.23. The fourth-order valence-electron chi connectivity index (χ4n) is 2.60. The number of aromatic amines is 1. The van der Waals surface area contributed by atoms with Crippen LogP contribution >= 0.6 is 23.4 Å². The molecule has 2 aromatic heterocycles. The second-order valence-electron chi connectivity index (χ2n) is 5.29. The van der Waals surface area contributed by atoms with Gasteiger partial charge in [-0.3, -0.25) is 4.79 Å². The Balaban J connectivity index is 1.64. The first-order chi connectivity index (χ1) is 10.1. The maximum Gasteiger partial charge on any atom is 0.233 e. The molecule has 3 heterocycles. The summed E-state index contributed by atoms with van der Waals surface area (Å²) in [7, 11) is 0. The largest absolute Gasteiger partial charge is 0.339 e. The van der Waals surface area contributed by atoms with Crippen molar-refractivity contribution >= 4 is 40.4 Å². The van der Waals surface area contributed by atoms with Crippen molar-refractivity contribution in [2.45, 2.75) is 37.4 Å². The minimum atomic E-state index is 0.179. The summed E-state index contributed by atoms with van der Waals surface area (Å²) >= 11 is 7.31. The highest BCUT2D eigenvalue weighted by molar-refractivity contribution is 7.99. The molecule has 0 aromatic carbocycles. The number of thioether (sulfide) groups is 1. The maximum absolute atomic E-state index is 12.3. The van der Waals surface area contributed by atoms with Crippen LogP contribution in [0.25, 0.3) is 11.2 Å². The van der Waals surface area contributed by atoms with Gasteiger partial charge in [0.15, 0.2) is 10.8 Å². The van der Waals surface area contributed by atoms with Gasteiger partial charge in [0.25, 0.3) is 0 Å². The lowest BCUT2D eigenvalue weighted by Crippen LogP contribution is -2.42. The minimum Gasteiger partial charge on any atom is -0.339 e. The van der Waals surface area contributed by atoms with E-state index in [1.807, 2.05) is 4.90 Å². The lowest BCUT2D eigenvalue weighted by Gasteiger charge is -2.33. The van der Waals surface area contributed by atoms with E-state index in [-0.39, 0.29) is 5.91 Å². The van der Waals surface area contributed by atoms with E-state index in [4.69, 9.17) is 11.6 Å². The number of carbonyl (C=O) groups excluding carboxylic acids is 1. The molecule has 3 rings (SSSR count). The molecule has 112 valence electrons. The van der Waals surface area contributed by atoms with E-state index in [0.29, 0.717) is 27.6 Å². The number of fused-ring (bicyclic) bond motifs is 1. The Morgan fingerprint density at radius 3 is 3.24 bits per heavy atom. The van der Waals surface area contributed by atoms with Gasteiger partial charge in [-0.2, -0.15) is 0 Å². The number of piperidine rings is 1. The summed E-state index contributed by atoms with van der Waals surface area (Å²) in [6, 6.07) is 2.14.